The monoisotopic (exact) mass is 733 g/mol. The van der Waals surface area contributed by atoms with Crippen LogP contribution in [0.2, 0.25) is 0 Å². The third kappa shape index (κ3) is 39.1. The predicted molar refractivity (Wildman–Crippen MR) is 219 cm³/mol. The molecule has 0 N–H and O–H groups in total. The van der Waals surface area contributed by atoms with Crippen molar-refractivity contribution in [3.63, 3.8) is 0 Å². The van der Waals surface area contributed by atoms with Gasteiger partial charge in [0.05, 0.1) is 0 Å². The maximum Gasteiger partial charge on any atom is 0.306 e. The van der Waals surface area contributed by atoms with Crippen molar-refractivity contribution in [3.8, 4) is 0 Å². The van der Waals surface area contributed by atoms with Crippen LogP contribution in [-0.2, 0) is 28.6 Å². The topological polar surface area (TPSA) is 78.9 Å². The van der Waals surface area contributed by atoms with Gasteiger partial charge < -0.3 is 14.2 Å². The van der Waals surface area contributed by atoms with Crippen LogP contribution in [0.3, 0.4) is 0 Å². The van der Waals surface area contributed by atoms with Gasteiger partial charge >= 0.3 is 17.9 Å². The lowest BCUT2D eigenvalue weighted by Crippen LogP contribution is -2.30. The standard InChI is InChI=1S/C46H84O6/c1-4-7-10-13-15-17-19-21-22-23-25-26-28-30-33-36-39-45(48)51-42-43(41-50-44(47)38-35-32-12-9-6-3)52-46(49)40-37-34-31-29-27-24-20-18-16-14-11-8-5-2/h11,14,18,20,43H,4-10,12-13,15-17,19,21-42H2,1-3H3/b14-11-,20-18-. The highest BCUT2D eigenvalue weighted by atomic mass is 16.6. The normalized spacial score (nSPS) is 12.1. The molecule has 0 heterocycles. The molecule has 6 nitrogen and oxygen atoms in total. The Labute approximate surface area is 322 Å². The minimum atomic E-state index is -0.769. The lowest BCUT2D eigenvalue weighted by Gasteiger charge is -2.18. The Kier molecular flexibility index (Phi) is 40.0. The number of ether oxygens (including phenoxy) is 3. The van der Waals surface area contributed by atoms with Crippen LogP contribution in [-0.4, -0.2) is 37.2 Å². The number of carbonyl (C=O) groups excluding carboxylic acids is 3. The Hall–Kier alpha value is -2.11. The molecule has 0 saturated carbocycles. The maximum atomic E-state index is 12.6. The van der Waals surface area contributed by atoms with E-state index in [1.807, 2.05) is 0 Å². The number of unbranched alkanes of at least 4 members (excludes halogenated alkanes) is 25. The van der Waals surface area contributed by atoms with Crippen LogP contribution in [0.5, 0.6) is 0 Å². The number of hydrogen-bond acceptors (Lipinski definition) is 6. The molecule has 1 atom stereocenters. The molecule has 6 heteroatoms. The summed E-state index contributed by atoms with van der Waals surface area (Å²) < 4.78 is 16.6. The second-order valence-electron chi connectivity index (χ2n) is 15.0. The summed E-state index contributed by atoms with van der Waals surface area (Å²) in [4.78, 5) is 37.4. The predicted octanol–water partition coefficient (Wildman–Crippen LogP) is 14.0. The third-order valence-corrected chi connectivity index (χ3v) is 9.69. The van der Waals surface area contributed by atoms with Crippen LogP contribution in [0.15, 0.2) is 24.3 Å². The molecule has 52 heavy (non-hydrogen) atoms. The summed E-state index contributed by atoms with van der Waals surface area (Å²) in [6.07, 6.45) is 44.7. The van der Waals surface area contributed by atoms with Gasteiger partial charge in [0.1, 0.15) is 13.2 Å². The van der Waals surface area contributed by atoms with Gasteiger partial charge in [0.25, 0.3) is 0 Å². The summed E-state index contributed by atoms with van der Waals surface area (Å²) in [5, 5.41) is 0. The van der Waals surface area contributed by atoms with Crippen LogP contribution in [0.25, 0.3) is 0 Å². The van der Waals surface area contributed by atoms with Gasteiger partial charge in [0.2, 0.25) is 0 Å². The van der Waals surface area contributed by atoms with Gasteiger partial charge in [0.15, 0.2) is 6.10 Å². The van der Waals surface area contributed by atoms with E-state index in [0.717, 1.165) is 96.3 Å². The summed E-state index contributed by atoms with van der Waals surface area (Å²) in [5.41, 5.74) is 0. The molecule has 0 aliphatic heterocycles. The Balaban J connectivity index is 4.21. The van der Waals surface area contributed by atoms with E-state index < -0.39 is 6.10 Å². The Bertz CT molecular complexity index is 850. The number of esters is 3. The van der Waals surface area contributed by atoms with Crippen LogP contribution in [0.1, 0.15) is 233 Å². The van der Waals surface area contributed by atoms with E-state index in [1.165, 1.54) is 96.3 Å². The first-order chi connectivity index (χ1) is 25.5. The molecule has 0 aliphatic rings. The minimum Gasteiger partial charge on any atom is -0.462 e. The fourth-order valence-corrected chi connectivity index (χ4v) is 6.30. The van der Waals surface area contributed by atoms with Crippen molar-refractivity contribution in [3.05, 3.63) is 24.3 Å². The van der Waals surface area contributed by atoms with Crippen molar-refractivity contribution < 1.29 is 28.6 Å². The fraction of sp³-hybridized carbons (Fsp3) is 0.848. The average Bonchev–Trinajstić information content (AvgIpc) is 3.14. The summed E-state index contributed by atoms with van der Waals surface area (Å²) in [7, 11) is 0. The Morgan fingerprint density at radius 1 is 0.385 bits per heavy atom. The number of carbonyl (C=O) groups is 3. The van der Waals surface area contributed by atoms with Crippen LogP contribution in [0.4, 0.5) is 0 Å². The highest BCUT2D eigenvalue weighted by Gasteiger charge is 2.19. The van der Waals surface area contributed by atoms with E-state index in [0.29, 0.717) is 19.3 Å². The van der Waals surface area contributed by atoms with Crippen LogP contribution < -0.4 is 0 Å². The van der Waals surface area contributed by atoms with Gasteiger partial charge in [0, 0.05) is 19.3 Å². The zero-order chi connectivity index (χ0) is 38.0. The van der Waals surface area contributed by atoms with E-state index in [2.05, 4.69) is 45.1 Å². The molecule has 0 rings (SSSR count). The largest absolute Gasteiger partial charge is 0.462 e. The molecule has 0 aromatic heterocycles. The molecular weight excluding hydrogens is 648 g/mol. The molecule has 0 saturated heterocycles. The summed E-state index contributed by atoms with van der Waals surface area (Å²) in [6, 6.07) is 0. The number of allylic oxidation sites excluding steroid dienone is 4. The molecule has 0 radical (unpaired) electrons. The maximum absolute atomic E-state index is 12.6. The van der Waals surface area contributed by atoms with E-state index in [1.54, 1.807) is 0 Å². The molecule has 304 valence electrons. The van der Waals surface area contributed by atoms with E-state index >= 15 is 0 Å². The minimum absolute atomic E-state index is 0.0743. The van der Waals surface area contributed by atoms with Crippen molar-refractivity contribution in [2.45, 2.75) is 239 Å². The van der Waals surface area contributed by atoms with Crippen LogP contribution in [0, 0.1) is 0 Å². The molecular formula is C46H84O6. The second kappa shape index (κ2) is 41.6. The van der Waals surface area contributed by atoms with Crippen LogP contribution >= 0.6 is 0 Å². The smallest absolute Gasteiger partial charge is 0.306 e. The molecule has 0 spiro atoms. The first-order valence-electron chi connectivity index (χ1n) is 22.3. The second-order valence-corrected chi connectivity index (χ2v) is 15.0. The zero-order valence-electron chi connectivity index (χ0n) is 34.6. The lowest BCUT2D eigenvalue weighted by molar-refractivity contribution is -0.167. The molecule has 1 unspecified atom stereocenters. The van der Waals surface area contributed by atoms with Gasteiger partial charge in [-0.05, 0) is 44.9 Å². The molecule has 0 amide bonds. The SMILES string of the molecule is CCC/C=C\C/C=C\CCCCCCCC(=O)OC(COC(=O)CCCCCCC)COC(=O)CCCCCCCCCCCCCCCCCC. The lowest BCUT2D eigenvalue weighted by atomic mass is 10.0. The quantitative estimate of drug-likeness (QED) is 0.0270. The van der Waals surface area contributed by atoms with E-state index in [4.69, 9.17) is 14.2 Å². The Morgan fingerprint density at radius 2 is 0.731 bits per heavy atom. The highest BCUT2D eigenvalue weighted by Crippen LogP contribution is 2.15. The van der Waals surface area contributed by atoms with Crippen molar-refractivity contribution in [2.24, 2.45) is 0 Å². The van der Waals surface area contributed by atoms with Gasteiger partial charge in [-0.1, -0.05) is 193 Å². The molecule has 0 aromatic carbocycles. The first kappa shape index (κ1) is 49.9. The molecule has 0 aliphatic carbocycles. The molecule has 0 bridgehead atoms. The van der Waals surface area contributed by atoms with Crippen molar-refractivity contribution in [1.29, 1.82) is 0 Å². The van der Waals surface area contributed by atoms with Crippen molar-refractivity contribution in [1.82, 2.24) is 0 Å². The summed E-state index contributed by atoms with van der Waals surface area (Å²) in [6.45, 7) is 6.48. The van der Waals surface area contributed by atoms with Crippen molar-refractivity contribution >= 4 is 17.9 Å². The van der Waals surface area contributed by atoms with E-state index in [-0.39, 0.29) is 31.1 Å². The number of hydrogen-bond donors (Lipinski definition) is 0. The molecule has 0 aromatic rings. The average molecular weight is 733 g/mol. The van der Waals surface area contributed by atoms with Gasteiger partial charge in [-0.3, -0.25) is 14.4 Å². The number of rotatable bonds is 40. The fourth-order valence-electron chi connectivity index (χ4n) is 6.30. The summed E-state index contributed by atoms with van der Waals surface area (Å²) >= 11 is 0. The summed E-state index contributed by atoms with van der Waals surface area (Å²) in [5.74, 6) is -0.898. The van der Waals surface area contributed by atoms with Gasteiger partial charge in [-0.2, -0.15) is 0 Å². The van der Waals surface area contributed by atoms with Gasteiger partial charge in [-0.25, -0.2) is 0 Å². The first-order valence-corrected chi connectivity index (χ1v) is 22.3. The molecule has 0 fully saturated rings. The third-order valence-electron chi connectivity index (χ3n) is 9.69. The van der Waals surface area contributed by atoms with E-state index in [9.17, 15) is 14.4 Å². The zero-order valence-corrected chi connectivity index (χ0v) is 34.6. The van der Waals surface area contributed by atoms with Crippen molar-refractivity contribution in [2.75, 3.05) is 13.2 Å². The van der Waals surface area contributed by atoms with Gasteiger partial charge in [-0.15, -0.1) is 0 Å². The highest BCUT2D eigenvalue weighted by molar-refractivity contribution is 5.71. The Morgan fingerprint density at radius 3 is 1.13 bits per heavy atom.